The largest absolute Gasteiger partial charge is 0.506 e. The quantitative estimate of drug-likeness (QED) is 0.621. The molecule has 3 aromatic rings. The third-order valence-electron chi connectivity index (χ3n) is 3.95. The molecule has 0 radical (unpaired) electrons. The van der Waals surface area contributed by atoms with Gasteiger partial charge in [0.05, 0.1) is 0 Å². The van der Waals surface area contributed by atoms with E-state index in [-0.39, 0.29) is 17.9 Å². The summed E-state index contributed by atoms with van der Waals surface area (Å²) in [4.78, 5) is 24.1. The fraction of sp³-hybridized carbons (Fsp3) is 0.100. The molecular formula is C20H15Cl2NO4. The Hall–Kier alpha value is -2.76. The molecule has 0 aliphatic rings. The van der Waals surface area contributed by atoms with Crippen molar-refractivity contribution in [2.45, 2.75) is 6.54 Å². The second-order valence-electron chi connectivity index (χ2n) is 5.77. The molecule has 0 spiro atoms. The van der Waals surface area contributed by atoms with Crippen molar-refractivity contribution >= 4 is 45.9 Å². The van der Waals surface area contributed by atoms with Crippen LogP contribution >= 0.6 is 23.2 Å². The van der Waals surface area contributed by atoms with Crippen molar-refractivity contribution in [1.82, 2.24) is 5.32 Å². The fourth-order valence-corrected chi connectivity index (χ4v) is 3.01. The van der Waals surface area contributed by atoms with Gasteiger partial charge < -0.3 is 15.2 Å². The van der Waals surface area contributed by atoms with E-state index in [2.05, 4.69) is 5.32 Å². The number of fused-ring (bicyclic) bond motifs is 1. The van der Waals surface area contributed by atoms with E-state index in [1.165, 1.54) is 6.07 Å². The first-order valence-electron chi connectivity index (χ1n) is 8.04. The second-order valence-corrected chi connectivity index (χ2v) is 6.62. The lowest BCUT2D eigenvalue weighted by molar-refractivity contribution is -0.124. The van der Waals surface area contributed by atoms with Crippen molar-refractivity contribution in [3.63, 3.8) is 0 Å². The molecule has 0 saturated heterocycles. The molecule has 0 heterocycles. The number of halogens is 2. The van der Waals surface area contributed by atoms with Gasteiger partial charge in [-0.25, -0.2) is 4.79 Å². The SMILES string of the molecule is O=C(COC(=O)c1ccc2ccccc2c1O)NCc1ccc(Cl)cc1Cl. The van der Waals surface area contributed by atoms with Crippen LogP contribution in [0, 0.1) is 0 Å². The monoisotopic (exact) mass is 403 g/mol. The van der Waals surface area contributed by atoms with E-state index in [1.54, 1.807) is 36.4 Å². The summed E-state index contributed by atoms with van der Waals surface area (Å²) in [7, 11) is 0. The number of phenols is 1. The van der Waals surface area contributed by atoms with E-state index >= 15 is 0 Å². The number of aromatic hydroxyl groups is 1. The Labute approximate surface area is 165 Å². The van der Waals surface area contributed by atoms with Gasteiger partial charge in [-0.3, -0.25) is 4.79 Å². The van der Waals surface area contributed by atoms with Crippen molar-refractivity contribution < 1.29 is 19.4 Å². The predicted octanol–water partition coefficient (Wildman–Crippen LogP) is 4.33. The van der Waals surface area contributed by atoms with E-state index in [0.29, 0.717) is 21.0 Å². The number of phenolic OH excluding ortho intramolecular Hbond substituents is 1. The van der Waals surface area contributed by atoms with Crippen LogP contribution in [0.5, 0.6) is 5.75 Å². The highest BCUT2D eigenvalue weighted by molar-refractivity contribution is 6.35. The van der Waals surface area contributed by atoms with Gasteiger partial charge in [0.15, 0.2) is 6.61 Å². The van der Waals surface area contributed by atoms with Crippen LogP contribution < -0.4 is 5.32 Å². The number of rotatable bonds is 5. The Balaban J connectivity index is 1.59. The van der Waals surface area contributed by atoms with Crippen molar-refractivity contribution in [3.05, 3.63) is 75.8 Å². The van der Waals surface area contributed by atoms with Gasteiger partial charge in [0.2, 0.25) is 0 Å². The van der Waals surface area contributed by atoms with E-state index in [9.17, 15) is 14.7 Å². The minimum absolute atomic E-state index is 0.00208. The molecule has 7 heteroatoms. The van der Waals surface area contributed by atoms with Crippen LogP contribution in [0.2, 0.25) is 10.0 Å². The summed E-state index contributed by atoms with van der Waals surface area (Å²) in [6, 6.07) is 15.2. The molecule has 0 aliphatic carbocycles. The molecular weight excluding hydrogens is 389 g/mol. The Morgan fingerprint density at radius 3 is 2.59 bits per heavy atom. The molecule has 2 N–H and O–H groups in total. The summed E-state index contributed by atoms with van der Waals surface area (Å²) in [5, 5.41) is 15.1. The van der Waals surface area contributed by atoms with Crippen LogP contribution in [0.25, 0.3) is 10.8 Å². The maximum atomic E-state index is 12.2. The minimum atomic E-state index is -0.780. The van der Waals surface area contributed by atoms with Crippen LogP contribution in [-0.2, 0) is 16.1 Å². The van der Waals surface area contributed by atoms with Gasteiger partial charge in [0.1, 0.15) is 11.3 Å². The lowest BCUT2D eigenvalue weighted by atomic mass is 10.1. The molecule has 138 valence electrons. The van der Waals surface area contributed by atoms with E-state index in [1.807, 2.05) is 12.1 Å². The van der Waals surface area contributed by atoms with Crippen molar-refractivity contribution in [2.75, 3.05) is 6.61 Å². The summed E-state index contributed by atoms with van der Waals surface area (Å²) < 4.78 is 4.99. The van der Waals surface area contributed by atoms with Gasteiger partial charge in [-0.1, -0.05) is 59.6 Å². The zero-order valence-corrected chi connectivity index (χ0v) is 15.6. The first-order valence-corrected chi connectivity index (χ1v) is 8.80. The summed E-state index contributed by atoms with van der Waals surface area (Å²) in [6.07, 6.45) is 0. The number of carbonyl (C=O) groups is 2. The average molecular weight is 404 g/mol. The molecule has 0 aromatic heterocycles. The van der Waals surface area contributed by atoms with Crippen LogP contribution in [0.1, 0.15) is 15.9 Å². The van der Waals surface area contributed by atoms with Gasteiger partial charge >= 0.3 is 5.97 Å². The fourth-order valence-electron chi connectivity index (χ4n) is 2.54. The van der Waals surface area contributed by atoms with E-state index in [4.69, 9.17) is 27.9 Å². The summed E-state index contributed by atoms with van der Waals surface area (Å²) >= 11 is 11.9. The first-order chi connectivity index (χ1) is 13.0. The van der Waals surface area contributed by atoms with Crippen LogP contribution in [0.15, 0.2) is 54.6 Å². The van der Waals surface area contributed by atoms with Gasteiger partial charge in [0, 0.05) is 22.0 Å². The zero-order valence-electron chi connectivity index (χ0n) is 14.0. The Morgan fingerprint density at radius 2 is 1.81 bits per heavy atom. The van der Waals surface area contributed by atoms with Crippen molar-refractivity contribution in [3.8, 4) is 5.75 Å². The summed E-state index contributed by atoms with van der Waals surface area (Å²) in [5.74, 6) is -1.45. The standard InChI is InChI=1S/C20H15Cl2NO4/c21-14-7-5-13(17(22)9-14)10-23-18(24)11-27-20(26)16-8-6-12-3-1-2-4-15(12)19(16)25/h1-9,25H,10-11H2,(H,23,24). The number of benzene rings is 3. The Kier molecular flexibility index (Phi) is 5.84. The molecule has 0 atom stereocenters. The Bertz CT molecular complexity index is 1020. The molecule has 0 unspecified atom stereocenters. The van der Waals surface area contributed by atoms with Gasteiger partial charge in [-0.05, 0) is 29.1 Å². The topological polar surface area (TPSA) is 75.6 Å². The molecule has 0 bridgehead atoms. The number of nitrogens with one attached hydrogen (secondary N) is 1. The van der Waals surface area contributed by atoms with Crippen LogP contribution in [-0.4, -0.2) is 23.6 Å². The first kappa shape index (κ1) is 19.0. The number of hydrogen-bond acceptors (Lipinski definition) is 4. The third kappa shape index (κ3) is 4.51. The molecule has 0 aliphatic heterocycles. The third-order valence-corrected chi connectivity index (χ3v) is 4.53. The average Bonchev–Trinajstić information content (AvgIpc) is 2.66. The van der Waals surface area contributed by atoms with Crippen molar-refractivity contribution in [1.29, 1.82) is 0 Å². The molecule has 0 saturated carbocycles. The number of hydrogen-bond donors (Lipinski definition) is 2. The zero-order chi connectivity index (χ0) is 19.4. The van der Waals surface area contributed by atoms with Gasteiger partial charge in [-0.15, -0.1) is 0 Å². The highest BCUT2D eigenvalue weighted by Gasteiger charge is 2.16. The normalized spacial score (nSPS) is 10.6. The molecule has 5 nitrogen and oxygen atoms in total. The van der Waals surface area contributed by atoms with Crippen molar-refractivity contribution in [2.24, 2.45) is 0 Å². The van der Waals surface area contributed by atoms with E-state index in [0.717, 1.165) is 5.39 Å². The summed E-state index contributed by atoms with van der Waals surface area (Å²) in [6.45, 7) is -0.302. The number of esters is 1. The molecule has 27 heavy (non-hydrogen) atoms. The highest BCUT2D eigenvalue weighted by atomic mass is 35.5. The molecule has 3 rings (SSSR count). The lowest BCUT2D eigenvalue weighted by Crippen LogP contribution is -2.28. The van der Waals surface area contributed by atoms with Crippen LogP contribution in [0.3, 0.4) is 0 Å². The number of ether oxygens (including phenoxy) is 1. The maximum absolute atomic E-state index is 12.2. The van der Waals surface area contributed by atoms with E-state index < -0.39 is 18.5 Å². The molecule has 1 amide bonds. The molecule has 3 aromatic carbocycles. The molecule has 0 fully saturated rings. The maximum Gasteiger partial charge on any atom is 0.342 e. The number of carbonyl (C=O) groups excluding carboxylic acids is 2. The minimum Gasteiger partial charge on any atom is -0.506 e. The second kappa shape index (κ2) is 8.29. The highest BCUT2D eigenvalue weighted by Crippen LogP contribution is 2.29. The number of amides is 1. The predicted molar refractivity (Wildman–Crippen MR) is 104 cm³/mol. The van der Waals surface area contributed by atoms with Gasteiger partial charge in [0.25, 0.3) is 5.91 Å². The van der Waals surface area contributed by atoms with Gasteiger partial charge in [-0.2, -0.15) is 0 Å². The van der Waals surface area contributed by atoms with Crippen LogP contribution in [0.4, 0.5) is 0 Å². The summed E-state index contributed by atoms with van der Waals surface area (Å²) in [5.41, 5.74) is 0.690. The lowest BCUT2D eigenvalue weighted by Gasteiger charge is -2.10. The Morgan fingerprint density at radius 1 is 1.04 bits per heavy atom. The smallest absolute Gasteiger partial charge is 0.342 e.